The van der Waals surface area contributed by atoms with E-state index in [1.807, 2.05) is 6.07 Å². The third-order valence-electron chi connectivity index (χ3n) is 14.6. The predicted octanol–water partition coefficient (Wildman–Crippen LogP) is 5.51. The lowest BCUT2D eigenvalue weighted by Gasteiger charge is -2.67. The summed E-state index contributed by atoms with van der Waals surface area (Å²) in [6.45, 7) is 6.87. The number of rotatable bonds is 13. The summed E-state index contributed by atoms with van der Waals surface area (Å²) in [5, 5.41) is 41.1. The van der Waals surface area contributed by atoms with Crippen molar-refractivity contribution in [3.05, 3.63) is 149 Å². The Labute approximate surface area is 403 Å². The molecule has 69 heavy (non-hydrogen) atoms. The third kappa shape index (κ3) is 8.89. The Bertz CT molecular complexity index is 2630. The molecule has 1 saturated heterocycles. The van der Waals surface area contributed by atoms with Crippen molar-refractivity contribution in [2.45, 2.75) is 106 Å². The normalized spacial score (nSPS) is 29.8. The van der Waals surface area contributed by atoms with Crippen LogP contribution in [0.3, 0.4) is 0 Å². The molecule has 1 heterocycles. The first-order valence-corrected chi connectivity index (χ1v) is 23.7. The molecule has 2 unspecified atom stereocenters. The van der Waals surface area contributed by atoms with Crippen molar-refractivity contribution in [1.82, 2.24) is 5.32 Å². The number of hydrogen-bond acceptors (Lipinski definition) is 15. The zero-order valence-electron chi connectivity index (χ0n) is 38.7. The maximum absolute atomic E-state index is 15.2. The summed E-state index contributed by atoms with van der Waals surface area (Å²) in [5.74, 6) is -7.04. The van der Waals surface area contributed by atoms with E-state index in [9.17, 15) is 34.5 Å². The van der Waals surface area contributed by atoms with Crippen LogP contribution in [0.15, 0.2) is 137 Å². The molecular formula is C53H55NO14S. The summed E-state index contributed by atoms with van der Waals surface area (Å²) < 4.78 is 30.8. The van der Waals surface area contributed by atoms with Crippen LogP contribution in [-0.2, 0) is 42.9 Å². The number of fused-ring (bicyclic) bond motifs is 5. The molecule has 0 radical (unpaired) electrons. The van der Waals surface area contributed by atoms with Crippen molar-refractivity contribution in [2.75, 3.05) is 12.4 Å². The highest BCUT2D eigenvalue weighted by molar-refractivity contribution is 8.00. The van der Waals surface area contributed by atoms with Gasteiger partial charge in [0.25, 0.3) is 5.91 Å². The Morgan fingerprint density at radius 1 is 0.826 bits per heavy atom. The van der Waals surface area contributed by atoms with Crippen LogP contribution < -0.4 is 5.32 Å². The Morgan fingerprint density at radius 3 is 1.99 bits per heavy atom. The largest absolute Gasteiger partial charge is 0.455 e. The number of carbonyl (C=O) groups is 6. The Hall–Kier alpha value is -6.17. The van der Waals surface area contributed by atoms with Crippen molar-refractivity contribution < 1.29 is 67.8 Å². The van der Waals surface area contributed by atoms with Gasteiger partial charge in [0, 0.05) is 35.6 Å². The second-order valence-electron chi connectivity index (χ2n) is 18.8. The number of aliphatic hydroxyl groups is 3. The number of aliphatic hydroxyl groups excluding tert-OH is 2. The molecule has 4 aromatic carbocycles. The van der Waals surface area contributed by atoms with Crippen LogP contribution in [0.25, 0.3) is 0 Å². The van der Waals surface area contributed by atoms with Crippen LogP contribution >= 0.6 is 11.8 Å². The van der Waals surface area contributed by atoms with Gasteiger partial charge in [-0.1, -0.05) is 98.8 Å². The Balaban J connectivity index is 1.25. The van der Waals surface area contributed by atoms with Crippen molar-refractivity contribution in [3.8, 4) is 0 Å². The SMILES string of the molecule is CC(=O)O[C@@]12CO[C@@H]1C[C@H](O)[C@@]1(C)C(=O)[C@H](O)C3=C(C)[C@@H](OC(=O)[C@H](OC(=O)CSc4ccccc4)[C@@H](NC(=O)c4ccccc4)c4ccccc4)C[C@@](O)(C(OC(=O)c4ccccc4)C12)C3(C)C. The average Bonchev–Trinajstić information content (AvgIpc) is 3.34. The van der Waals surface area contributed by atoms with Gasteiger partial charge in [0.05, 0.1) is 35.4 Å². The first-order valence-electron chi connectivity index (χ1n) is 22.7. The summed E-state index contributed by atoms with van der Waals surface area (Å²) in [7, 11) is 0. The number of hydrogen-bond donors (Lipinski definition) is 4. The molecular weight excluding hydrogens is 907 g/mol. The maximum atomic E-state index is 15.2. The van der Waals surface area contributed by atoms with Crippen LogP contribution in [0.4, 0.5) is 0 Å². The zero-order chi connectivity index (χ0) is 49.5. The lowest BCUT2D eigenvalue weighted by atomic mass is 9.44. The topological polar surface area (TPSA) is 221 Å². The Kier molecular flexibility index (Phi) is 13.8. The monoisotopic (exact) mass is 961 g/mol. The van der Waals surface area contributed by atoms with Crippen molar-refractivity contribution in [3.63, 3.8) is 0 Å². The fourth-order valence-corrected chi connectivity index (χ4v) is 11.6. The van der Waals surface area contributed by atoms with Crippen molar-refractivity contribution >= 4 is 47.3 Å². The van der Waals surface area contributed by atoms with Crippen LogP contribution in [0.2, 0.25) is 0 Å². The van der Waals surface area contributed by atoms with Crippen LogP contribution in [0, 0.1) is 16.7 Å². The molecule has 2 bridgehead atoms. The number of ketones is 1. The quantitative estimate of drug-likeness (QED) is 0.0562. The van der Waals surface area contributed by atoms with Gasteiger partial charge in [-0.3, -0.25) is 19.2 Å². The van der Waals surface area contributed by atoms with Gasteiger partial charge in [-0.05, 0) is 67.0 Å². The number of thioether (sulfide) groups is 1. The van der Waals surface area contributed by atoms with Crippen molar-refractivity contribution in [2.24, 2.45) is 16.7 Å². The fourth-order valence-electron chi connectivity index (χ4n) is 10.9. The number of esters is 4. The van der Waals surface area contributed by atoms with Gasteiger partial charge in [0.2, 0.25) is 6.10 Å². The van der Waals surface area contributed by atoms with E-state index in [-0.39, 0.29) is 41.1 Å². The predicted molar refractivity (Wildman–Crippen MR) is 249 cm³/mol. The van der Waals surface area contributed by atoms with Gasteiger partial charge in [0.1, 0.15) is 36.1 Å². The summed E-state index contributed by atoms with van der Waals surface area (Å²) >= 11 is 1.16. The van der Waals surface area contributed by atoms with Crippen LogP contribution in [0.5, 0.6) is 0 Å². The van der Waals surface area contributed by atoms with Crippen LogP contribution in [-0.4, -0.2) is 111 Å². The molecule has 362 valence electrons. The first-order chi connectivity index (χ1) is 32.8. The minimum Gasteiger partial charge on any atom is -0.455 e. The smallest absolute Gasteiger partial charge is 0.350 e. The highest BCUT2D eigenvalue weighted by atomic mass is 32.2. The molecule has 0 aromatic heterocycles. The summed E-state index contributed by atoms with van der Waals surface area (Å²) in [4.78, 5) is 86.3. The molecule has 2 saturated carbocycles. The van der Waals surface area contributed by atoms with E-state index in [1.165, 1.54) is 26.0 Å². The molecule has 3 fully saturated rings. The minimum absolute atomic E-state index is 0.0682. The number of Topliss-reactive ketones (excluding diaryl/α,β-unsaturated/α-hetero) is 1. The van der Waals surface area contributed by atoms with Gasteiger partial charge < -0.3 is 44.3 Å². The van der Waals surface area contributed by atoms with Gasteiger partial charge in [0.15, 0.2) is 11.4 Å². The molecule has 4 aliphatic rings. The van der Waals surface area contributed by atoms with Gasteiger partial charge in [-0.25, -0.2) is 9.59 Å². The molecule has 8 rings (SSSR count). The first kappa shape index (κ1) is 49.3. The second kappa shape index (κ2) is 19.3. The van der Waals surface area contributed by atoms with E-state index in [1.54, 1.807) is 117 Å². The van der Waals surface area contributed by atoms with Gasteiger partial charge in [-0.15, -0.1) is 11.8 Å². The number of nitrogens with one attached hydrogen (secondary N) is 1. The second-order valence-corrected chi connectivity index (χ2v) is 19.9. The lowest BCUT2D eigenvalue weighted by Crippen LogP contribution is -2.81. The number of ether oxygens (including phenoxy) is 5. The number of carbonyl (C=O) groups excluding carboxylic acids is 6. The van der Waals surface area contributed by atoms with Crippen LogP contribution in [0.1, 0.15) is 79.8 Å². The molecule has 11 atom stereocenters. The molecule has 16 heteroatoms. The highest BCUT2D eigenvalue weighted by Crippen LogP contribution is 2.64. The molecule has 1 amide bonds. The van der Waals surface area contributed by atoms with Crippen molar-refractivity contribution in [1.29, 1.82) is 0 Å². The summed E-state index contributed by atoms with van der Waals surface area (Å²) in [5.41, 5.74) is -7.16. The average molecular weight is 962 g/mol. The van der Waals surface area contributed by atoms with E-state index in [0.29, 0.717) is 5.56 Å². The third-order valence-corrected chi connectivity index (χ3v) is 15.5. The Morgan fingerprint density at radius 2 is 1.41 bits per heavy atom. The number of benzene rings is 4. The highest BCUT2D eigenvalue weighted by Gasteiger charge is 2.78. The molecule has 4 aromatic rings. The molecule has 1 aliphatic heterocycles. The molecule has 4 N–H and O–H groups in total. The molecule has 3 aliphatic carbocycles. The molecule has 15 nitrogen and oxygen atoms in total. The van der Waals surface area contributed by atoms with E-state index in [0.717, 1.165) is 23.6 Å². The molecule has 0 spiro atoms. The standard InChI is InChI=1S/C53H55NO14S/c1-30-36(65-49(62)43(66-39(57)28-69-35-24-16-9-17-25-35)41(32-18-10-6-11-19-32)54-47(60)33-20-12-7-13-21-33)27-53(63)46(67-48(61)34-22-14-8-15-23-34)44-51(5,45(59)42(58)40(30)50(53,3)4)37(56)26-38-52(44,29-64-38)68-31(2)55/h6-25,36-38,41-44,46,56,58,63H,26-29H2,1-5H3,(H,54,60)/t36-,37-,38+,41-,42+,43+,44?,46?,51+,52-,53+/m0/s1. The van der Waals surface area contributed by atoms with E-state index in [2.05, 4.69) is 5.32 Å². The van der Waals surface area contributed by atoms with E-state index < -0.39 is 113 Å². The van der Waals surface area contributed by atoms with E-state index >= 15 is 9.59 Å². The minimum atomic E-state index is -2.41. The zero-order valence-corrected chi connectivity index (χ0v) is 39.6. The summed E-state index contributed by atoms with van der Waals surface area (Å²) in [6, 6.07) is 32.1. The summed E-state index contributed by atoms with van der Waals surface area (Å²) in [6.07, 6.45) is -10.6. The van der Waals surface area contributed by atoms with E-state index in [4.69, 9.17) is 23.7 Å². The fraction of sp³-hybridized carbons (Fsp3) is 0.396. The lowest BCUT2D eigenvalue weighted by molar-refractivity contribution is -0.346. The number of amides is 1. The maximum Gasteiger partial charge on any atom is 0.350 e. The van der Waals surface area contributed by atoms with Gasteiger partial charge >= 0.3 is 23.9 Å². The van der Waals surface area contributed by atoms with Gasteiger partial charge in [-0.2, -0.15) is 0 Å².